The van der Waals surface area contributed by atoms with Crippen molar-refractivity contribution in [2.75, 3.05) is 13.6 Å². The molecule has 2 N–H and O–H groups in total. The number of carboxylic acid groups (broad SMARTS) is 1. The van der Waals surface area contributed by atoms with Crippen molar-refractivity contribution in [3.8, 4) is 0 Å². The molecule has 3 heteroatoms. The van der Waals surface area contributed by atoms with Crippen LogP contribution in [-0.4, -0.2) is 24.7 Å². The van der Waals surface area contributed by atoms with E-state index in [-0.39, 0.29) is 6.42 Å². The lowest BCUT2D eigenvalue weighted by atomic mass is 10.1. The van der Waals surface area contributed by atoms with E-state index in [9.17, 15) is 4.79 Å². The summed E-state index contributed by atoms with van der Waals surface area (Å²) in [6.07, 6.45) is 16.0. The molecule has 0 rings (SSSR count). The average molecular weight is 287 g/mol. The van der Waals surface area contributed by atoms with E-state index in [4.69, 9.17) is 5.11 Å². The molecule has 0 heterocycles. The number of carbonyl (C=O) groups is 1. The summed E-state index contributed by atoms with van der Waals surface area (Å²) in [4.78, 5) is 9.37. The summed E-state index contributed by atoms with van der Waals surface area (Å²) in [6, 6.07) is 0. The van der Waals surface area contributed by atoms with Crippen LogP contribution < -0.4 is 5.32 Å². The second-order valence-electron chi connectivity index (χ2n) is 5.39. The molecule has 0 aliphatic heterocycles. The van der Waals surface area contributed by atoms with Crippen LogP contribution in [0.4, 0.5) is 0 Å². The summed E-state index contributed by atoms with van der Waals surface area (Å²) in [6.45, 7) is 5.07. The molecule has 0 atom stereocenters. The Labute approximate surface area is 126 Å². The highest BCUT2D eigenvalue weighted by molar-refractivity contribution is 5.66. The number of unbranched alkanes of at least 4 members (excludes halogenated alkanes) is 10. The second-order valence-corrected chi connectivity index (χ2v) is 5.39. The molecule has 20 heavy (non-hydrogen) atoms. The van der Waals surface area contributed by atoms with Crippen LogP contribution in [0.15, 0.2) is 0 Å². The highest BCUT2D eigenvalue weighted by Gasteiger charge is 1.92. The SMILES string of the molecule is CCC(=O)O.CCCCCCCCCCCCCNC. The van der Waals surface area contributed by atoms with Gasteiger partial charge in [-0.3, -0.25) is 4.79 Å². The summed E-state index contributed by atoms with van der Waals surface area (Å²) in [5.41, 5.74) is 0. The first-order valence-electron chi connectivity index (χ1n) is 8.55. The largest absolute Gasteiger partial charge is 0.481 e. The third-order valence-electron chi connectivity index (χ3n) is 3.33. The molecule has 0 fully saturated rings. The highest BCUT2D eigenvalue weighted by atomic mass is 16.4. The molecule has 0 aromatic rings. The monoisotopic (exact) mass is 287 g/mol. The fourth-order valence-electron chi connectivity index (χ4n) is 1.97. The summed E-state index contributed by atoms with van der Waals surface area (Å²) >= 11 is 0. The van der Waals surface area contributed by atoms with E-state index in [1.807, 2.05) is 7.05 Å². The Morgan fingerprint density at radius 3 is 1.45 bits per heavy atom. The maximum Gasteiger partial charge on any atom is 0.303 e. The third kappa shape index (κ3) is 26.1. The van der Waals surface area contributed by atoms with Crippen LogP contribution in [0.3, 0.4) is 0 Å². The Hall–Kier alpha value is -0.570. The average Bonchev–Trinajstić information content (AvgIpc) is 2.45. The number of rotatable bonds is 13. The Bertz CT molecular complexity index is 172. The Morgan fingerprint density at radius 1 is 0.800 bits per heavy atom. The van der Waals surface area contributed by atoms with Gasteiger partial charge in [0, 0.05) is 6.42 Å². The number of aliphatic carboxylic acids is 1. The van der Waals surface area contributed by atoms with Gasteiger partial charge in [0.25, 0.3) is 0 Å². The highest BCUT2D eigenvalue weighted by Crippen LogP contribution is 2.10. The number of hydrogen-bond donors (Lipinski definition) is 2. The van der Waals surface area contributed by atoms with Gasteiger partial charge in [-0.1, -0.05) is 78.1 Å². The van der Waals surface area contributed by atoms with Crippen LogP contribution in [0.5, 0.6) is 0 Å². The number of hydrogen-bond acceptors (Lipinski definition) is 2. The van der Waals surface area contributed by atoms with E-state index >= 15 is 0 Å². The topological polar surface area (TPSA) is 49.3 Å². The lowest BCUT2D eigenvalue weighted by Crippen LogP contribution is -2.06. The van der Waals surface area contributed by atoms with Crippen molar-refractivity contribution in [3.63, 3.8) is 0 Å². The fourth-order valence-corrected chi connectivity index (χ4v) is 1.97. The minimum absolute atomic E-state index is 0.222. The van der Waals surface area contributed by atoms with Crippen LogP contribution in [-0.2, 0) is 4.79 Å². The zero-order valence-corrected chi connectivity index (χ0v) is 14.0. The molecule has 0 amide bonds. The van der Waals surface area contributed by atoms with E-state index in [1.165, 1.54) is 77.2 Å². The van der Waals surface area contributed by atoms with Gasteiger partial charge in [-0.25, -0.2) is 0 Å². The minimum atomic E-state index is -0.745. The van der Waals surface area contributed by atoms with Crippen LogP contribution >= 0.6 is 0 Å². The van der Waals surface area contributed by atoms with Gasteiger partial charge in [-0.15, -0.1) is 0 Å². The molecule has 0 radical (unpaired) electrons. The van der Waals surface area contributed by atoms with Crippen molar-refractivity contribution in [1.82, 2.24) is 5.32 Å². The molecule has 0 aliphatic rings. The van der Waals surface area contributed by atoms with E-state index in [0.29, 0.717) is 0 Å². The summed E-state index contributed by atoms with van der Waals surface area (Å²) < 4.78 is 0. The quantitative estimate of drug-likeness (QED) is 0.469. The molecule has 0 aromatic carbocycles. The van der Waals surface area contributed by atoms with Gasteiger partial charge >= 0.3 is 5.97 Å². The van der Waals surface area contributed by atoms with Crippen LogP contribution in [0, 0.1) is 0 Å². The standard InChI is InChI=1S/C14H31N.C3H6O2/c1-3-4-5-6-7-8-9-10-11-12-13-14-15-2;1-2-3(4)5/h15H,3-14H2,1-2H3;2H2,1H3,(H,4,5). The van der Waals surface area contributed by atoms with E-state index in [1.54, 1.807) is 6.92 Å². The molecule has 0 unspecified atom stereocenters. The summed E-state index contributed by atoms with van der Waals surface area (Å²) in [7, 11) is 2.04. The zero-order valence-electron chi connectivity index (χ0n) is 14.0. The Kier molecular flexibility index (Phi) is 22.5. The lowest BCUT2D eigenvalue weighted by Gasteiger charge is -2.02. The minimum Gasteiger partial charge on any atom is -0.481 e. The van der Waals surface area contributed by atoms with Crippen LogP contribution in [0.2, 0.25) is 0 Å². The second kappa shape index (κ2) is 20.7. The molecule has 0 saturated carbocycles. The van der Waals surface area contributed by atoms with Crippen molar-refractivity contribution < 1.29 is 9.90 Å². The normalized spacial score (nSPS) is 9.95. The van der Waals surface area contributed by atoms with Gasteiger partial charge in [-0.05, 0) is 20.0 Å². The third-order valence-corrected chi connectivity index (χ3v) is 3.33. The molecule has 0 saturated heterocycles. The zero-order chi connectivity index (χ0) is 15.5. The maximum absolute atomic E-state index is 9.37. The molecule has 0 aliphatic carbocycles. The summed E-state index contributed by atoms with van der Waals surface area (Å²) in [5.74, 6) is -0.745. The van der Waals surface area contributed by atoms with Crippen LogP contribution in [0.1, 0.15) is 90.9 Å². The summed E-state index contributed by atoms with van der Waals surface area (Å²) in [5, 5.41) is 10.9. The molecule has 0 aromatic heterocycles. The Morgan fingerprint density at radius 2 is 1.15 bits per heavy atom. The van der Waals surface area contributed by atoms with E-state index in [0.717, 1.165) is 0 Å². The molecule has 122 valence electrons. The molecule has 0 bridgehead atoms. The van der Waals surface area contributed by atoms with Gasteiger partial charge in [0.2, 0.25) is 0 Å². The van der Waals surface area contributed by atoms with Crippen molar-refractivity contribution in [3.05, 3.63) is 0 Å². The predicted octanol–water partition coefficient (Wildman–Crippen LogP) is 5.00. The first kappa shape index (κ1) is 21.7. The van der Waals surface area contributed by atoms with Gasteiger partial charge in [-0.2, -0.15) is 0 Å². The van der Waals surface area contributed by atoms with Crippen molar-refractivity contribution >= 4 is 5.97 Å². The van der Waals surface area contributed by atoms with Gasteiger partial charge in [0.1, 0.15) is 0 Å². The van der Waals surface area contributed by atoms with Crippen molar-refractivity contribution in [2.24, 2.45) is 0 Å². The van der Waals surface area contributed by atoms with E-state index < -0.39 is 5.97 Å². The lowest BCUT2D eigenvalue weighted by molar-refractivity contribution is -0.136. The first-order chi connectivity index (χ1) is 9.68. The smallest absolute Gasteiger partial charge is 0.303 e. The molecule has 0 spiro atoms. The fraction of sp³-hybridized carbons (Fsp3) is 0.941. The first-order valence-corrected chi connectivity index (χ1v) is 8.55. The van der Waals surface area contributed by atoms with Gasteiger partial charge in [0.15, 0.2) is 0 Å². The molecule has 3 nitrogen and oxygen atoms in total. The maximum atomic E-state index is 9.37. The number of carboxylic acids is 1. The van der Waals surface area contributed by atoms with Crippen molar-refractivity contribution in [2.45, 2.75) is 90.9 Å². The molecular weight excluding hydrogens is 250 g/mol. The Balaban J connectivity index is 0. The van der Waals surface area contributed by atoms with Gasteiger partial charge < -0.3 is 10.4 Å². The van der Waals surface area contributed by atoms with Gasteiger partial charge in [0.05, 0.1) is 0 Å². The van der Waals surface area contributed by atoms with Crippen LogP contribution in [0.25, 0.3) is 0 Å². The van der Waals surface area contributed by atoms with E-state index in [2.05, 4.69) is 12.2 Å². The predicted molar refractivity (Wildman–Crippen MR) is 88.3 cm³/mol. The molecular formula is C17H37NO2. The van der Waals surface area contributed by atoms with Crippen molar-refractivity contribution in [1.29, 1.82) is 0 Å². The number of nitrogens with one attached hydrogen (secondary N) is 1.